The molecule has 0 aliphatic heterocycles. The van der Waals surface area contributed by atoms with E-state index in [1.165, 1.54) is 0 Å². The predicted octanol–water partition coefficient (Wildman–Crippen LogP) is 2.15. The predicted molar refractivity (Wildman–Crippen MR) is 70.0 cm³/mol. The van der Waals surface area contributed by atoms with Gasteiger partial charge in [0, 0.05) is 25.3 Å². The fraction of sp³-hybridized carbons (Fsp3) is 0.231. The summed E-state index contributed by atoms with van der Waals surface area (Å²) >= 11 is 0. The molecule has 0 aliphatic carbocycles. The van der Waals surface area contributed by atoms with Gasteiger partial charge in [0.1, 0.15) is 11.5 Å². The van der Waals surface area contributed by atoms with Crippen molar-refractivity contribution in [1.82, 2.24) is 9.97 Å². The minimum atomic E-state index is -0.998. The van der Waals surface area contributed by atoms with Crippen LogP contribution in [0, 0.1) is 6.92 Å². The molecular formula is C13H15N3O2. The molecule has 5 nitrogen and oxygen atoms in total. The molecule has 0 amide bonds. The molecule has 0 saturated carbocycles. The van der Waals surface area contributed by atoms with E-state index in [0.717, 1.165) is 11.3 Å². The molecule has 0 spiro atoms. The molecule has 2 N–H and O–H groups in total. The number of nitrogens with zero attached hydrogens (tertiary/aromatic N) is 2. The van der Waals surface area contributed by atoms with Gasteiger partial charge in [0.05, 0.1) is 0 Å². The third-order valence-electron chi connectivity index (χ3n) is 2.69. The number of anilines is 1. The van der Waals surface area contributed by atoms with Gasteiger partial charge in [-0.15, -0.1) is 0 Å². The second-order valence-electron chi connectivity index (χ2n) is 4.29. The fourth-order valence-electron chi connectivity index (χ4n) is 1.77. The number of hydrogen-bond acceptors (Lipinski definition) is 3. The smallest absolute Gasteiger partial charge is 0.354 e. The number of H-pyrrole nitrogens is 1. The Labute approximate surface area is 105 Å². The normalized spacial score (nSPS) is 10.4. The molecule has 2 aromatic rings. The summed E-state index contributed by atoms with van der Waals surface area (Å²) in [5.74, 6) is -0.402. The van der Waals surface area contributed by atoms with Gasteiger partial charge in [0.15, 0.2) is 5.69 Å². The Morgan fingerprint density at radius 3 is 2.39 bits per heavy atom. The van der Waals surface area contributed by atoms with E-state index in [1.54, 1.807) is 6.92 Å². The number of imidazole rings is 1. The van der Waals surface area contributed by atoms with Crippen molar-refractivity contribution in [2.75, 3.05) is 19.0 Å². The average molecular weight is 245 g/mol. The molecule has 0 saturated heterocycles. The fourth-order valence-corrected chi connectivity index (χ4v) is 1.77. The average Bonchev–Trinajstić information content (AvgIpc) is 2.71. The van der Waals surface area contributed by atoms with E-state index < -0.39 is 5.97 Å². The van der Waals surface area contributed by atoms with Crippen molar-refractivity contribution in [2.24, 2.45) is 0 Å². The number of carboxylic acid groups (broad SMARTS) is 1. The van der Waals surface area contributed by atoms with Crippen LogP contribution in [-0.2, 0) is 0 Å². The molecule has 18 heavy (non-hydrogen) atoms. The van der Waals surface area contributed by atoms with E-state index in [0.29, 0.717) is 11.5 Å². The monoisotopic (exact) mass is 245 g/mol. The number of aromatic nitrogens is 2. The van der Waals surface area contributed by atoms with Gasteiger partial charge in [-0.25, -0.2) is 9.78 Å². The molecule has 1 aromatic heterocycles. The van der Waals surface area contributed by atoms with Gasteiger partial charge in [0.2, 0.25) is 0 Å². The van der Waals surface area contributed by atoms with Crippen molar-refractivity contribution in [1.29, 1.82) is 0 Å². The molecule has 1 heterocycles. The number of rotatable bonds is 3. The van der Waals surface area contributed by atoms with E-state index in [1.807, 2.05) is 43.3 Å². The number of carboxylic acids is 1. The van der Waals surface area contributed by atoms with Gasteiger partial charge < -0.3 is 15.0 Å². The molecule has 1 aromatic carbocycles. The molecule has 2 rings (SSSR count). The highest BCUT2D eigenvalue weighted by atomic mass is 16.4. The molecule has 0 bridgehead atoms. The first-order chi connectivity index (χ1) is 8.49. The maximum atomic E-state index is 11.1. The Hall–Kier alpha value is -2.30. The Kier molecular flexibility index (Phi) is 3.06. The zero-order chi connectivity index (χ0) is 13.3. The van der Waals surface area contributed by atoms with Gasteiger partial charge >= 0.3 is 5.97 Å². The van der Waals surface area contributed by atoms with Gasteiger partial charge in [-0.3, -0.25) is 0 Å². The van der Waals surface area contributed by atoms with Crippen molar-refractivity contribution in [3.63, 3.8) is 0 Å². The van der Waals surface area contributed by atoms with E-state index in [4.69, 9.17) is 5.11 Å². The lowest BCUT2D eigenvalue weighted by Gasteiger charge is -2.12. The minimum absolute atomic E-state index is 0.130. The Balaban J connectivity index is 2.45. The molecule has 0 atom stereocenters. The van der Waals surface area contributed by atoms with Crippen molar-refractivity contribution in [3.8, 4) is 11.3 Å². The SMILES string of the molecule is Cc1nc(-c2ccc(N(C)C)cc2)c(C(=O)O)[nH]1. The molecule has 0 unspecified atom stereocenters. The third kappa shape index (κ3) is 2.20. The van der Waals surface area contributed by atoms with E-state index in [-0.39, 0.29) is 5.69 Å². The summed E-state index contributed by atoms with van der Waals surface area (Å²) in [5.41, 5.74) is 2.46. The quantitative estimate of drug-likeness (QED) is 0.869. The number of aryl methyl sites for hydroxylation is 1. The second kappa shape index (κ2) is 4.52. The van der Waals surface area contributed by atoms with Crippen molar-refractivity contribution >= 4 is 11.7 Å². The van der Waals surface area contributed by atoms with Crippen LogP contribution in [0.1, 0.15) is 16.3 Å². The van der Waals surface area contributed by atoms with Gasteiger partial charge in [-0.05, 0) is 19.1 Å². The molecule has 0 radical (unpaired) electrons. The zero-order valence-corrected chi connectivity index (χ0v) is 10.6. The maximum Gasteiger partial charge on any atom is 0.354 e. The second-order valence-corrected chi connectivity index (χ2v) is 4.29. The summed E-state index contributed by atoms with van der Waals surface area (Å²) in [6, 6.07) is 7.62. The topological polar surface area (TPSA) is 69.2 Å². The van der Waals surface area contributed by atoms with Crippen LogP contribution in [0.5, 0.6) is 0 Å². The van der Waals surface area contributed by atoms with Crippen LogP contribution in [0.2, 0.25) is 0 Å². The highest BCUT2D eigenvalue weighted by Crippen LogP contribution is 2.24. The van der Waals surface area contributed by atoms with Crippen molar-refractivity contribution < 1.29 is 9.90 Å². The van der Waals surface area contributed by atoms with Crippen LogP contribution in [0.3, 0.4) is 0 Å². The summed E-state index contributed by atoms with van der Waals surface area (Å²) < 4.78 is 0. The zero-order valence-electron chi connectivity index (χ0n) is 10.6. The first-order valence-corrected chi connectivity index (χ1v) is 5.56. The van der Waals surface area contributed by atoms with Crippen molar-refractivity contribution in [3.05, 3.63) is 35.8 Å². The lowest BCUT2D eigenvalue weighted by atomic mass is 10.1. The molecule has 0 aliphatic rings. The number of aromatic carboxylic acids is 1. The lowest BCUT2D eigenvalue weighted by Crippen LogP contribution is -2.08. The standard InChI is InChI=1S/C13H15N3O2/c1-8-14-11(12(15-8)13(17)18)9-4-6-10(7-5-9)16(2)3/h4-7H,1-3H3,(H,14,15)(H,17,18). The highest BCUT2D eigenvalue weighted by Gasteiger charge is 2.16. The Morgan fingerprint density at radius 1 is 1.28 bits per heavy atom. The largest absolute Gasteiger partial charge is 0.477 e. The Bertz CT molecular complexity index is 570. The summed E-state index contributed by atoms with van der Waals surface area (Å²) in [5, 5.41) is 9.10. The number of hydrogen-bond donors (Lipinski definition) is 2. The molecular weight excluding hydrogens is 230 g/mol. The Morgan fingerprint density at radius 2 is 1.89 bits per heavy atom. The van der Waals surface area contributed by atoms with Crippen molar-refractivity contribution in [2.45, 2.75) is 6.92 Å². The van der Waals surface area contributed by atoms with E-state index in [2.05, 4.69) is 9.97 Å². The van der Waals surface area contributed by atoms with Gasteiger partial charge in [-0.1, -0.05) is 12.1 Å². The maximum absolute atomic E-state index is 11.1. The molecule has 0 fully saturated rings. The van der Waals surface area contributed by atoms with E-state index >= 15 is 0 Å². The first kappa shape index (κ1) is 12.2. The number of aromatic amines is 1. The van der Waals surface area contributed by atoms with Gasteiger partial charge in [0.25, 0.3) is 0 Å². The third-order valence-corrected chi connectivity index (χ3v) is 2.69. The number of carbonyl (C=O) groups is 1. The number of nitrogens with one attached hydrogen (secondary N) is 1. The highest BCUT2D eigenvalue weighted by molar-refractivity contribution is 5.93. The number of benzene rings is 1. The summed E-state index contributed by atoms with van der Waals surface area (Å²) in [6.45, 7) is 1.74. The van der Waals surface area contributed by atoms with Crippen LogP contribution in [0.25, 0.3) is 11.3 Å². The van der Waals surface area contributed by atoms with Crippen LogP contribution >= 0.6 is 0 Å². The summed E-state index contributed by atoms with van der Waals surface area (Å²) in [7, 11) is 3.91. The van der Waals surface area contributed by atoms with Crippen LogP contribution in [-0.4, -0.2) is 35.1 Å². The summed E-state index contributed by atoms with van der Waals surface area (Å²) in [6.07, 6.45) is 0. The van der Waals surface area contributed by atoms with E-state index in [9.17, 15) is 4.79 Å². The lowest BCUT2D eigenvalue weighted by molar-refractivity contribution is 0.0692. The van der Waals surface area contributed by atoms with Crippen LogP contribution in [0.4, 0.5) is 5.69 Å². The van der Waals surface area contributed by atoms with Gasteiger partial charge in [-0.2, -0.15) is 0 Å². The first-order valence-electron chi connectivity index (χ1n) is 5.56. The van der Waals surface area contributed by atoms with Crippen LogP contribution in [0.15, 0.2) is 24.3 Å². The molecule has 94 valence electrons. The molecule has 5 heteroatoms. The van der Waals surface area contributed by atoms with Crippen LogP contribution < -0.4 is 4.90 Å². The summed E-state index contributed by atoms with van der Waals surface area (Å²) in [4.78, 5) is 20.1. The minimum Gasteiger partial charge on any atom is -0.477 e.